The van der Waals surface area contributed by atoms with Gasteiger partial charge in [0.2, 0.25) is 0 Å². The summed E-state index contributed by atoms with van der Waals surface area (Å²) in [6, 6.07) is 15.8. The van der Waals surface area contributed by atoms with E-state index in [9.17, 15) is 4.79 Å². The van der Waals surface area contributed by atoms with Crippen LogP contribution in [0.3, 0.4) is 0 Å². The van der Waals surface area contributed by atoms with Crippen molar-refractivity contribution in [2.75, 3.05) is 45.9 Å². The van der Waals surface area contributed by atoms with E-state index in [1.165, 1.54) is 10.5 Å². The van der Waals surface area contributed by atoms with Crippen LogP contribution >= 0.6 is 0 Å². The lowest BCUT2D eigenvalue weighted by Gasteiger charge is -2.32. The average molecular weight is 365 g/mol. The van der Waals surface area contributed by atoms with Gasteiger partial charge in [0.15, 0.2) is 11.5 Å². The Labute approximate surface area is 159 Å². The highest BCUT2D eigenvalue weighted by atomic mass is 16.6. The van der Waals surface area contributed by atoms with Crippen molar-refractivity contribution >= 4 is 12.0 Å². The Balaban J connectivity index is 1.30. The second-order valence-electron chi connectivity index (χ2n) is 6.92. The van der Waals surface area contributed by atoms with Crippen LogP contribution < -0.4 is 14.4 Å². The van der Waals surface area contributed by atoms with Gasteiger partial charge in [-0.25, -0.2) is 0 Å². The van der Waals surface area contributed by atoms with Crippen molar-refractivity contribution < 1.29 is 19.2 Å². The molecule has 4 rings (SSSR count). The Kier molecular flexibility index (Phi) is 5.39. The Morgan fingerprint density at radius 3 is 2.52 bits per heavy atom. The van der Waals surface area contributed by atoms with Crippen LogP contribution in [0.5, 0.6) is 11.5 Å². The molecule has 140 valence electrons. The molecular formula is C22H25N2O3+. The minimum absolute atomic E-state index is 0.0749. The molecule has 1 amide bonds. The maximum absolute atomic E-state index is 12.8. The fraction of sp³-hybridized carbons (Fsp3) is 0.318. The van der Waals surface area contributed by atoms with Gasteiger partial charge < -0.3 is 19.3 Å². The summed E-state index contributed by atoms with van der Waals surface area (Å²) in [7, 11) is 0. The number of carbonyl (C=O) groups excluding carboxylic acids is 1. The van der Waals surface area contributed by atoms with E-state index in [2.05, 4.69) is 36.4 Å². The second kappa shape index (κ2) is 8.27. The zero-order chi connectivity index (χ0) is 18.5. The third-order valence-electron chi connectivity index (χ3n) is 5.06. The number of nitrogens with one attached hydrogen (secondary N) is 1. The summed E-state index contributed by atoms with van der Waals surface area (Å²) < 4.78 is 11.1. The molecule has 5 nitrogen and oxygen atoms in total. The van der Waals surface area contributed by atoms with E-state index in [-0.39, 0.29) is 5.91 Å². The molecule has 2 heterocycles. The molecule has 0 aliphatic carbocycles. The Hall–Kier alpha value is -2.79. The standard InChI is InChI=1S/C22H24N2O3/c25-22(19-8-9-20-21(17-19)27-16-15-26-20)24-13-11-23(12-14-24)10-4-7-18-5-2-1-3-6-18/h1-9,17H,10-16H2/p+1/b7-4+. The third kappa shape index (κ3) is 4.31. The van der Waals surface area contributed by atoms with Gasteiger partial charge in [-0.05, 0) is 29.8 Å². The summed E-state index contributed by atoms with van der Waals surface area (Å²) in [6.45, 7) is 5.57. The molecule has 0 aromatic heterocycles. The lowest BCUT2D eigenvalue weighted by Crippen LogP contribution is -3.14. The molecule has 2 aromatic rings. The fourth-order valence-corrected chi connectivity index (χ4v) is 3.51. The van der Waals surface area contributed by atoms with Crippen molar-refractivity contribution in [2.24, 2.45) is 0 Å². The van der Waals surface area contributed by atoms with Gasteiger partial charge in [-0.3, -0.25) is 4.79 Å². The van der Waals surface area contributed by atoms with Gasteiger partial charge in [-0.1, -0.05) is 36.4 Å². The number of ether oxygens (including phenoxy) is 2. The van der Waals surface area contributed by atoms with E-state index in [1.807, 2.05) is 23.1 Å². The monoisotopic (exact) mass is 365 g/mol. The van der Waals surface area contributed by atoms with Crippen LogP contribution in [0, 0.1) is 0 Å². The summed E-state index contributed by atoms with van der Waals surface area (Å²) in [5, 5.41) is 0. The molecule has 5 heteroatoms. The van der Waals surface area contributed by atoms with Gasteiger partial charge in [0.05, 0.1) is 32.7 Å². The normalized spacial score (nSPS) is 17.3. The number of hydrogen-bond acceptors (Lipinski definition) is 3. The smallest absolute Gasteiger partial charge is 0.254 e. The summed E-state index contributed by atoms with van der Waals surface area (Å²) in [5.41, 5.74) is 1.90. The molecule has 2 aliphatic heterocycles. The number of amides is 1. The van der Waals surface area contributed by atoms with Gasteiger partial charge in [0.1, 0.15) is 13.2 Å². The van der Waals surface area contributed by atoms with Crippen LogP contribution in [0.4, 0.5) is 0 Å². The van der Waals surface area contributed by atoms with Crippen molar-refractivity contribution in [3.05, 3.63) is 65.7 Å². The first kappa shape index (κ1) is 17.6. The second-order valence-corrected chi connectivity index (χ2v) is 6.92. The highest BCUT2D eigenvalue weighted by molar-refractivity contribution is 5.95. The Morgan fingerprint density at radius 2 is 1.74 bits per heavy atom. The number of nitrogens with zero attached hydrogens (tertiary/aromatic N) is 1. The van der Waals surface area contributed by atoms with E-state index < -0.39 is 0 Å². The van der Waals surface area contributed by atoms with Gasteiger partial charge in [0.25, 0.3) is 5.91 Å². The summed E-state index contributed by atoms with van der Waals surface area (Å²) in [5.74, 6) is 1.46. The van der Waals surface area contributed by atoms with E-state index >= 15 is 0 Å². The number of hydrogen-bond donors (Lipinski definition) is 1. The minimum atomic E-state index is 0.0749. The highest BCUT2D eigenvalue weighted by Gasteiger charge is 2.25. The molecule has 0 saturated carbocycles. The Bertz CT molecular complexity index is 812. The quantitative estimate of drug-likeness (QED) is 0.893. The van der Waals surface area contributed by atoms with Crippen LogP contribution in [0.15, 0.2) is 54.6 Å². The Morgan fingerprint density at radius 1 is 1.00 bits per heavy atom. The molecule has 2 aliphatic rings. The lowest BCUT2D eigenvalue weighted by atomic mass is 10.1. The van der Waals surface area contributed by atoms with E-state index in [4.69, 9.17) is 9.47 Å². The summed E-state index contributed by atoms with van der Waals surface area (Å²) >= 11 is 0. The number of piperazine rings is 1. The first-order valence-electron chi connectivity index (χ1n) is 9.54. The molecule has 0 atom stereocenters. The molecule has 0 spiro atoms. The first-order chi connectivity index (χ1) is 13.3. The number of rotatable bonds is 4. The molecule has 0 radical (unpaired) electrons. The number of carbonyl (C=O) groups is 1. The molecule has 1 N–H and O–H groups in total. The van der Waals surface area contributed by atoms with E-state index in [1.54, 1.807) is 6.07 Å². The van der Waals surface area contributed by atoms with Crippen LogP contribution in [-0.2, 0) is 0 Å². The molecule has 27 heavy (non-hydrogen) atoms. The molecule has 0 bridgehead atoms. The number of fused-ring (bicyclic) bond motifs is 1. The minimum Gasteiger partial charge on any atom is -0.486 e. The molecule has 0 unspecified atom stereocenters. The summed E-state index contributed by atoms with van der Waals surface area (Å²) in [6.07, 6.45) is 4.39. The van der Waals surface area contributed by atoms with Crippen molar-refractivity contribution in [1.82, 2.24) is 4.90 Å². The first-order valence-corrected chi connectivity index (χ1v) is 9.54. The van der Waals surface area contributed by atoms with Gasteiger partial charge in [0, 0.05) is 5.56 Å². The average Bonchev–Trinajstić information content (AvgIpc) is 2.74. The van der Waals surface area contributed by atoms with E-state index in [0.717, 1.165) is 38.5 Å². The van der Waals surface area contributed by atoms with Crippen LogP contribution in [-0.4, -0.2) is 56.7 Å². The summed E-state index contributed by atoms with van der Waals surface area (Å²) in [4.78, 5) is 16.2. The SMILES string of the molecule is O=C(c1ccc2c(c1)OCCO2)N1CC[NH+](C/C=C/c2ccccc2)CC1. The topological polar surface area (TPSA) is 43.2 Å². The molecule has 1 saturated heterocycles. The number of benzene rings is 2. The van der Waals surface area contributed by atoms with Gasteiger partial charge in [-0.2, -0.15) is 0 Å². The predicted molar refractivity (Wildman–Crippen MR) is 104 cm³/mol. The zero-order valence-corrected chi connectivity index (χ0v) is 15.4. The zero-order valence-electron chi connectivity index (χ0n) is 15.4. The molecule has 2 aromatic carbocycles. The van der Waals surface area contributed by atoms with Crippen molar-refractivity contribution in [2.45, 2.75) is 0 Å². The van der Waals surface area contributed by atoms with Crippen LogP contribution in [0.2, 0.25) is 0 Å². The van der Waals surface area contributed by atoms with Crippen LogP contribution in [0.1, 0.15) is 15.9 Å². The van der Waals surface area contributed by atoms with Crippen molar-refractivity contribution in [1.29, 1.82) is 0 Å². The maximum atomic E-state index is 12.8. The van der Waals surface area contributed by atoms with Crippen molar-refractivity contribution in [3.63, 3.8) is 0 Å². The third-order valence-corrected chi connectivity index (χ3v) is 5.06. The molecular weight excluding hydrogens is 340 g/mol. The lowest BCUT2D eigenvalue weighted by molar-refractivity contribution is -0.898. The van der Waals surface area contributed by atoms with Crippen LogP contribution in [0.25, 0.3) is 6.08 Å². The maximum Gasteiger partial charge on any atom is 0.254 e. The highest BCUT2D eigenvalue weighted by Crippen LogP contribution is 2.31. The van der Waals surface area contributed by atoms with E-state index in [0.29, 0.717) is 24.5 Å². The number of quaternary nitrogens is 1. The molecule has 1 fully saturated rings. The largest absolute Gasteiger partial charge is 0.486 e. The van der Waals surface area contributed by atoms with Gasteiger partial charge in [-0.15, -0.1) is 0 Å². The predicted octanol–water partition coefficient (Wildman–Crippen LogP) is 1.51. The van der Waals surface area contributed by atoms with Crippen molar-refractivity contribution in [3.8, 4) is 11.5 Å². The van der Waals surface area contributed by atoms with Gasteiger partial charge >= 0.3 is 0 Å². The fourth-order valence-electron chi connectivity index (χ4n) is 3.51.